The van der Waals surface area contributed by atoms with Crippen LogP contribution in [0.3, 0.4) is 0 Å². The Morgan fingerprint density at radius 1 is 0.426 bits per heavy atom. The van der Waals surface area contributed by atoms with Crippen LogP contribution in [0.4, 0.5) is 0 Å². The van der Waals surface area contributed by atoms with E-state index in [2.05, 4.69) is 153 Å². The summed E-state index contributed by atoms with van der Waals surface area (Å²) < 4.78 is 6.50. The Bertz CT molecular complexity index is 3130. The van der Waals surface area contributed by atoms with Crippen molar-refractivity contribution in [2.24, 2.45) is 0 Å². The molecule has 3 nitrogen and oxygen atoms in total. The minimum Gasteiger partial charge on any atom is -0.455 e. The molecule has 0 spiro atoms. The van der Waals surface area contributed by atoms with Crippen molar-refractivity contribution in [3.05, 3.63) is 181 Å². The quantitative estimate of drug-likeness (QED) is 0.184. The third-order valence-electron chi connectivity index (χ3n) is 11.5. The van der Waals surface area contributed by atoms with E-state index in [1.54, 1.807) is 0 Å². The van der Waals surface area contributed by atoms with Crippen molar-refractivity contribution in [2.75, 3.05) is 0 Å². The van der Waals surface area contributed by atoms with Crippen molar-refractivity contribution >= 4 is 43.5 Å². The Morgan fingerprint density at radius 3 is 1.85 bits per heavy atom. The third-order valence-corrected chi connectivity index (χ3v) is 11.5. The van der Waals surface area contributed by atoms with Gasteiger partial charge in [-0.3, -0.25) is 0 Å². The summed E-state index contributed by atoms with van der Waals surface area (Å²) >= 11 is 0. The molecule has 0 fully saturated rings. The largest absolute Gasteiger partial charge is 0.455 e. The average molecular weight is 691 g/mol. The summed E-state index contributed by atoms with van der Waals surface area (Å²) in [4.78, 5) is 10.5. The molecule has 11 rings (SSSR count). The Hall–Kier alpha value is -6.84. The summed E-state index contributed by atoms with van der Waals surface area (Å²) in [7, 11) is 0. The van der Waals surface area contributed by atoms with Crippen LogP contribution in [0.15, 0.2) is 174 Å². The molecule has 0 atom stereocenters. The van der Waals surface area contributed by atoms with Gasteiger partial charge >= 0.3 is 0 Å². The Labute approximate surface area is 313 Å². The minimum atomic E-state index is -0.117. The summed E-state index contributed by atoms with van der Waals surface area (Å²) in [5.74, 6) is 0.677. The number of fused-ring (bicyclic) bond motifs is 8. The SMILES string of the molecule is CC1(C)c2cc3ccccc3cc2-c2c(-c3ccc(-c4cc(-c5cccc6c5oc5ccccc56)nc(-c5ccccc5)n4)c4ccccc34)cccc21. The predicted octanol–water partition coefficient (Wildman–Crippen LogP) is 13.7. The monoisotopic (exact) mass is 690 g/mol. The van der Waals surface area contributed by atoms with Gasteiger partial charge < -0.3 is 4.42 Å². The first-order valence-corrected chi connectivity index (χ1v) is 18.6. The highest BCUT2D eigenvalue weighted by atomic mass is 16.3. The van der Waals surface area contributed by atoms with Crippen LogP contribution in [0.25, 0.3) is 99.6 Å². The molecule has 2 aromatic heterocycles. The topological polar surface area (TPSA) is 38.9 Å². The molecule has 0 amide bonds. The second-order valence-corrected chi connectivity index (χ2v) is 14.9. The van der Waals surface area contributed by atoms with Gasteiger partial charge in [0.1, 0.15) is 11.2 Å². The molecule has 0 radical (unpaired) electrons. The standard InChI is InChI=1S/C51H34N2O/c1-51(2)43-24-13-21-39(48(43)42-28-32-16-6-7-17-33(32)29-44(42)51)36-26-27-37(35-19-9-8-18-34(35)36)45-30-46(53-50(52-45)31-14-4-3-5-15-31)41-23-12-22-40-38-20-10-11-25-47(38)54-49(40)41/h3-30H,1-2H3. The zero-order valence-corrected chi connectivity index (χ0v) is 30.0. The maximum Gasteiger partial charge on any atom is 0.160 e. The molecule has 0 bridgehead atoms. The van der Waals surface area contributed by atoms with E-state index in [9.17, 15) is 0 Å². The van der Waals surface area contributed by atoms with Gasteiger partial charge in [-0.05, 0) is 85.3 Å². The first-order valence-electron chi connectivity index (χ1n) is 18.6. The van der Waals surface area contributed by atoms with Crippen molar-refractivity contribution in [3.8, 4) is 56.2 Å². The predicted molar refractivity (Wildman–Crippen MR) is 224 cm³/mol. The fourth-order valence-corrected chi connectivity index (χ4v) is 8.84. The van der Waals surface area contributed by atoms with Gasteiger partial charge in [0.15, 0.2) is 5.82 Å². The zero-order chi connectivity index (χ0) is 36.0. The van der Waals surface area contributed by atoms with Gasteiger partial charge in [-0.2, -0.15) is 0 Å². The summed E-state index contributed by atoms with van der Waals surface area (Å²) in [6.45, 7) is 4.72. The van der Waals surface area contributed by atoms with Crippen molar-refractivity contribution in [3.63, 3.8) is 0 Å². The van der Waals surface area contributed by atoms with Crippen LogP contribution in [-0.2, 0) is 5.41 Å². The Kier molecular flexibility index (Phi) is 6.60. The highest BCUT2D eigenvalue weighted by Crippen LogP contribution is 2.54. The van der Waals surface area contributed by atoms with Crippen LogP contribution in [0.5, 0.6) is 0 Å². The molecular weight excluding hydrogens is 657 g/mol. The summed E-state index contributed by atoms with van der Waals surface area (Å²) in [5, 5.41) is 7.06. The first kappa shape index (κ1) is 30.8. The van der Waals surface area contributed by atoms with E-state index in [-0.39, 0.29) is 5.41 Å². The van der Waals surface area contributed by atoms with E-state index in [0.29, 0.717) is 5.82 Å². The van der Waals surface area contributed by atoms with Gasteiger partial charge in [0, 0.05) is 32.9 Å². The molecule has 1 aliphatic rings. The zero-order valence-electron chi connectivity index (χ0n) is 30.0. The number of para-hydroxylation sites is 2. The molecule has 2 heterocycles. The van der Waals surface area contributed by atoms with Crippen molar-refractivity contribution < 1.29 is 4.42 Å². The second kappa shape index (κ2) is 11.6. The summed E-state index contributed by atoms with van der Waals surface area (Å²) in [5.41, 5.74) is 14.1. The number of aromatic nitrogens is 2. The molecule has 1 aliphatic carbocycles. The lowest BCUT2D eigenvalue weighted by molar-refractivity contribution is 0.661. The van der Waals surface area contributed by atoms with Gasteiger partial charge in [0.2, 0.25) is 0 Å². The van der Waals surface area contributed by atoms with Gasteiger partial charge in [-0.15, -0.1) is 0 Å². The minimum absolute atomic E-state index is 0.117. The summed E-state index contributed by atoms with van der Waals surface area (Å²) in [6, 6.07) is 60.6. The van der Waals surface area contributed by atoms with Crippen LogP contribution in [-0.4, -0.2) is 9.97 Å². The van der Waals surface area contributed by atoms with Gasteiger partial charge in [0.05, 0.1) is 11.4 Å². The molecule has 0 unspecified atom stereocenters. The van der Waals surface area contributed by atoms with Gasteiger partial charge in [-0.1, -0.05) is 153 Å². The lowest BCUT2D eigenvalue weighted by atomic mass is 9.81. The molecule has 0 saturated carbocycles. The van der Waals surface area contributed by atoms with Crippen LogP contribution in [0.2, 0.25) is 0 Å². The second-order valence-electron chi connectivity index (χ2n) is 14.9. The maximum atomic E-state index is 6.50. The van der Waals surface area contributed by atoms with Crippen LogP contribution >= 0.6 is 0 Å². The highest BCUT2D eigenvalue weighted by molar-refractivity contribution is 6.11. The summed E-state index contributed by atoms with van der Waals surface area (Å²) in [6.07, 6.45) is 0. The molecule has 0 saturated heterocycles. The van der Waals surface area contributed by atoms with E-state index in [1.165, 1.54) is 49.5 Å². The Morgan fingerprint density at radius 2 is 1.04 bits per heavy atom. The molecule has 254 valence electrons. The normalized spacial score (nSPS) is 13.1. The van der Waals surface area contributed by atoms with E-state index in [0.717, 1.165) is 55.4 Å². The molecule has 54 heavy (non-hydrogen) atoms. The van der Waals surface area contributed by atoms with Gasteiger partial charge in [0.25, 0.3) is 0 Å². The maximum absolute atomic E-state index is 6.50. The molecule has 8 aromatic carbocycles. The lowest BCUT2D eigenvalue weighted by Crippen LogP contribution is -2.14. The molecule has 3 heteroatoms. The molecule has 0 N–H and O–H groups in total. The molecular formula is C51H34N2O. The van der Waals surface area contributed by atoms with E-state index in [4.69, 9.17) is 14.4 Å². The number of furan rings is 1. The molecule has 0 aliphatic heterocycles. The number of benzene rings is 8. The average Bonchev–Trinajstić information content (AvgIpc) is 3.71. The van der Waals surface area contributed by atoms with Crippen LogP contribution < -0.4 is 0 Å². The fraction of sp³-hybridized carbons (Fsp3) is 0.0588. The van der Waals surface area contributed by atoms with E-state index < -0.39 is 0 Å². The Balaban J connectivity index is 1.14. The molecule has 10 aromatic rings. The fourth-order valence-electron chi connectivity index (χ4n) is 8.84. The van der Waals surface area contributed by atoms with Crippen LogP contribution in [0, 0.1) is 0 Å². The number of nitrogens with zero attached hydrogens (tertiary/aromatic N) is 2. The lowest BCUT2D eigenvalue weighted by Gasteiger charge is -2.22. The number of hydrogen-bond acceptors (Lipinski definition) is 3. The number of hydrogen-bond donors (Lipinski definition) is 0. The van der Waals surface area contributed by atoms with Crippen molar-refractivity contribution in [1.82, 2.24) is 9.97 Å². The van der Waals surface area contributed by atoms with Gasteiger partial charge in [-0.25, -0.2) is 9.97 Å². The smallest absolute Gasteiger partial charge is 0.160 e. The third kappa shape index (κ3) is 4.55. The highest BCUT2D eigenvalue weighted by Gasteiger charge is 2.37. The van der Waals surface area contributed by atoms with Crippen LogP contribution in [0.1, 0.15) is 25.0 Å². The first-order chi connectivity index (χ1) is 26.5. The van der Waals surface area contributed by atoms with E-state index >= 15 is 0 Å². The van der Waals surface area contributed by atoms with Crippen molar-refractivity contribution in [1.29, 1.82) is 0 Å². The van der Waals surface area contributed by atoms with E-state index in [1.807, 2.05) is 30.3 Å². The number of rotatable bonds is 4. The van der Waals surface area contributed by atoms with Crippen molar-refractivity contribution in [2.45, 2.75) is 19.3 Å².